The van der Waals surface area contributed by atoms with Crippen molar-refractivity contribution in [3.63, 3.8) is 0 Å². The molecule has 6 heteroatoms. The van der Waals surface area contributed by atoms with Crippen molar-refractivity contribution in [3.8, 4) is 5.75 Å². The molecular weight excluding hydrogens is 431 g/mol. The molecule has 0 unspecified atom stereocenters. The quantitative estimate of drug-likeness (QED) is 0.458. The molecule has 1 N–H and O–H groups in total. The Hall–Kier alpha value is -3.22. The average molecular weight is 463 g/mol. The Bertz CT molecular complexity index is 1050. The fourth-order valence-corrected chi connectivity index (χ4v) is 4.19. The number of aryl methyl sites for hydroxylation is 1. The lowest BCUT2D eigenvalue weighted by molar-refractivity contribution is 0.0663. The zero-order valence-electron chi connectivity index (χ0n) is 19.3. The van der Waals surface area contributed by atoms with Crippen LogP contribution >= 0.6 is 0 Å². The summed E-state index contributed by atoms with van der Waals surface area (Å²) >= 11 is 0. The number of benzene rings is 3. The van der Waals surface area contributed by atoms with E-state index in [2.05, 4.69) is 9.80 Å². The Morgan fingerprint density at radius 2 is 1.68 bits per heavy atom. The van der Waals surface area contributed by atoms with Gasteiger partial charge in [0.25, 0.3) is 0 Å². The fraction of sp³-hybridized carbons (Fsp3) is 0.321. The molecule has 1 aliphatic rings. The molecule has 0 radical (unpaired) electrons. The van der Waals surface area contributed by atoms with Crippen LogP contribution in [0.25, 0.3) is 0 Å². The van der Waals surface area contributed by atoms with Crippen LogP contribution in [0.2, 0.25) is 0 Å². The summed E-state index contributed by atoms with van der Waals surface area (Å²) in [5, 5.41) is 10.5. The van der Waals surface area contributed by atoms with Crippen LogP contribution in [0, 0.1) is 5.82 Å². The first-order valence-corrected chi connectivity index (χ1v) is 11.8. The highest BCUT2D eigenvalue weighted by molar-refractivity contribution is 5.96. The summed E-state index contributed by atoms with van der Waals surface area (Å²) in [7, 11) is 0. The molecule has 0 aliphatic carbocycles. The van der Waals surface area contributed by atoms with Crippen molar-refractivity contribution in [1.82, 2.24) is 4.90 Å². The molecule has 4 rings (SSSR count). The third-order valence-corrected chi connectivity index (χ3v) is 6.11. The number of anilines is 1. The number of ketones is 1. The number of aliphatic hydroxyl groups is 1. The van der Waals surface area contributed by atoms with Gasteiger partial charge < -0.3 is 14.7 Å². The molecule has 0 saturated carbocycles. The van der Waals surface area contributed by atoms with Crippen LogP contribution in [0.15, 0.2) is 78.9 Å². The van der Waals surface area contributed by atoms with E-state index in [4.69, 9.17) is 4.74 Å². The second-order valence-corrected chi connectivity index (χ2v) is 8.67. The van der Waals surface area contributed by atoms with Gasteiger partial charge in [-0.3, -0.25) is 9.69 Å². The lowest BCUT2D eigenvalue weighted by atomic mass is 10.0. The number of ether oxygens (including phenoxy) is 1. The van der Waals surface area contributed by atoms with Crippen LogP contribution in [0.5, 0.6) is 5.75 Å². The van der Waals surface area contributed by atoms with Gasteiger partial charge in [-0.15, -0.1) is 0 Å². The average Bonchev–Trinajstić information content (AvgIpc) is 2.88. The molecule has 3 aromatic rings. The molecular formula is C28H31FN2O3. The van der Waals surface area contributed by atoms with Crippen LogP contribution in [0.4, 0.5) is 10.1 Å². The number of Topliss-reactive ketones (excluding diaryl/α,β-unsaturated/α-hetero) is 1. The standard InChI is InChI=1S/C28H31FN2O3/c29-24-10-12-25(13-11-24)31-17-15-30(16-18-31)20-26(32)21-34-27-8-4-7-23(19-27)28(33)14-9-22-5-2-1-3-6-22/h1-8,10-13,19,26,32H,9,14-18,20-21H2/t26-/m1/s1. The van der Waals surface area contributed by atoms with Crippen LogP contribution in [0.1, 0.15) is 22.3 Å². The van der Waals surface area contributed by atoms with Gasteiger partial charge in [0, 0.05) is 50.4 Å². The van der Waals surface area contributed by atoms with Gasteiger partial charge in [-0.25, -0.2) is 4.39 Å². The third kappa shape index (κ3) is 6.89. The molecule has 1 saturated heterocycles. The Labute approximate surface area is 200 Å². The van der Waals surface area contributed by atoms with Crippen LogP contribution in [0.3, 0.4) is 0 Å². The van der Waals surface area contributed by atoms with Gasteiger partial charge in [-0.1, -0.05) is 42.5 Å². The smallest absolute Gasteiger partial charge is 0.163 e. The monoisotopic (exact) mass is 462 g/mol. The van der Waals surface area contributed by atoms with E-state index in [0.29, 0.717) is 30.7 Å². The Morgan fingerprint density at radius 1 is 0.941 bits per heavy atom. The number of β-amino-alcohol motifs (C(OH)–C–C–N with tert-alkyl or cyclic N) is 1. The molecule has 0 spiro atoms. The van der Waals surface area contributed by atoms with Crippen molar-refractivity contribution in [2.45, 2.75) is 18.9 Å². The zero-order chi connectivity index (χ0) is 23.8. The molecule has 0 amide bonds. The van der Waals surface area contributed by atoms with E-state index in [1.807, 2.05) is 42.5 Å². The van der Waals surface area contributed by atoms with Gasteiger partial charge in [0.2, 0.25) is 0 Å². The van der Waals surface area contributed by atoms with Gasteiger partial charge in [0.05, 0.1) is 0 Å². The Morgan fingerprint density at radius 3 is 2.41 bits per heavy atom. The predicted octanol–water partition coefficient (Wildman–Crippen LogP) is 4.20. The first-order chi connectivity index (χ1) is 16.6. The summed E-state index contributed by atoms with van der Waals surface area (Å²) in [6.07, 6.45) is 0.521. The van der Waals surface area contributed by atoms with Gasteiger partial charge in [-0.2, -0.15) is 0 Å². The van der Waals surface area contributed by atoms with Crippen LogP contribution < -0.4 is 9.64 Å². The lowest BCUT2D eigenvalue weighted by Gasteiger charge is -2.36. The second kappa shape index (κ2) is 11.8. The van der Waals surface area contributed by atoms with Crippen molar-refractivity contribution in [3.05, 3.63) is 95.8 Å². The molecule has 3 aromatic carbocycles. The van der Waals surface area contributed by atoms with E-state index < -0.39 is 6.10 Å². The summed E-state index contributed by atoms with van der Waals surface area (Å²) in [6.45, 7) is 3.98. The minimum Gasteiger partial charge on any atom is -0.491 e. The minimum atomic E-state index is -0.630. The number of halogens is 1. The molecule has 178 valence electrons. The largest absolute Gasteiger partial charge is 0.491 e. The highest BCUT2D eigenvalue weighted by Crippen LogP contribution is 2.18. The number of carbonyl (C=O) groups excluding carboxylic acids is 1. The number of rotatable bonds is 10. The molecule has 0 aromatic heterocycles. The molecule has 1 atom stereocenters. The van der Waals surface area contributed by atoms with Gasteiger partial charge >= 0.3 is 0 Å². The topological polar surface area (TPSA) is 53.0 Å². The maximum atomic E-state index is 13.1. The third-order valence-electron chi connectivity index (χ3n) is 6.11. The SMILES string of the molecule is O=C(CCc1ccccc1)c1cccc(OC[C@H](O)CN2CCN(c3ccc(F)cc3)CC2)c1. The van der Waals surface area contributed by atoms with E-state index in [9.17, 15) is 14.3 Å². The van der Waals surface area contributed by atoms with Crippen molar-refractivity contribution in [1.29, 1.82) is 0 Å². The van der Waals surface area contributed by atoms with Gasteiger partial charge in [-0.05, 0) is 48.4 Å². The molecule has 5 nitrogen and oxygen atoms in total. The van der Waals surface area contributed by atoms with Crippen LogP contribution in [-0.4, -0.2) is 61.2 Å². The molecule has 34 heavy (non-hydrogen) atoms. The molecule has 1 aliphatic heterocycles. The summed E-state index contributed by atoms with van der Waals surface area (Å²) in [5.74, 6) is 0.437. The van der Waals surface area contributed by atoms with E-state index in [1.165, 1.54) is 12.1 Å². The van der Waals surface area contributed by atoms with E-state index >= 15 is 0 Å². The number of piperazine rings is 1. The number of hydrogen-bond donors (Lipinski definition) is 1. The van der Waals surface area contributed by atoms with Crippen molar-refractivity contribution >= 4 is 11.5 Å². The summed E-state index contributed by atoms with van der Waals surface area (Å²) in [5.41, 5.74) is 2.79. The highest BCUT2D eigenvalue weighted by Gasteiger charge is 2.20. The zero-order valence-corrected chi connectivity index (χ0v) is 19.3. The highest BCUT2D eigenvalue weighted by atomic mass is 19.1. The molecule has 1 heterocycles. The number of hydrogen-bond acceptors (Lipinski definition) is 5. The molecule has 0 bridgehead atoms. The first kappa shape index (κ1) is 23.9. The van der Waals surface area contributed by atoms with E-state index in [1.54, 1.807) is 24.3 Å². The Balaban J connectivity index is 1.20. The maximum Gasteiger partial charge on any atom is 0.163 e. The number of aliphatic hydroxyl groups excluding tert-OH is 1. The van der Waals surface area contributed by atoms with Gasteiger partial charge in [0.1, 0.15) is 24.3 Å². The minimum absolute atomic E-state index is 0.0777. The lowest BCUT2D eigenvalue weighted by Crippen LogP contribution is -2.49. The van der Waals surface area contributed by atoms with Crippen molar-refractivity contribution < 1.29 is 19.0 Å². The number of nitrogens with zero attached hydrogens (tertiary/aromatic N) is 2. The number of carbonyl (C=O) groups is 1. The fourth-order valence-electron chi connectivity index (χ4n) is 4.19. The molecule has 1 fully saturated rings. The van der Waals surface area contributed by atoms with Crippen molar-refractivity contribution in [2.75, 3.05) is 44.2 Å². The normalized spacial score (nSPS) is 15.2. The van der Waals surface area contributed by atoms with Crippen molar-refractivity contribution in [2.24, 2.45) is 0 Å². The van der Waals surface area contributed by atoms with Gasteiger partial charge in [0.15, 0.2) is 5.78 Å². The summed E-state index contributed by atoms with van der Waals surface area (Å²) in [6, 6.07) is 23.7. The van der Waals surface area contributed by atoms with E-state index in [0.717, 1.165) is 37.4 Å². The second-order valence-electron chi connectivity index (χ2n) is 8.67. The maximum absolute atomic E-state index is 13.1. The van der Waals surface area contributed by atoms with E-state index in [-0.39, 0.29) is 18.2 Å². The summed E-state index contributed by atoms with van der Waals surface area (Å²) in [4.78, 5) is 17.0. The Kier molecular flexibility index (Phi) is 8.28. The first-order valence-electron chi connectivity index (χ1n) is 11.8. The predicted molar refractivity (Wildman–Crippen MR) is 132 cm³/mol. The van der Waals surface area contributed by atoms with Crippen LogP contribution in [-0.2, 0) is 6.42 Å². The summed E-state index contributed by atoms with van der Waals surface area (Å²) < 4.78 is 18.9.